The van der Waals surface area contributed by atoms with Gasteiger partial charge in [-0.05, 0) is 76.1 Å². The Balaban J connectivity index is 1.60. The smallest absolute Gasteiger partial charge is 0.261 e. The van der Waals surface area contributed by atoms with Crippen LogP contribution in [0.3, 0.4) is 0 Å². The van der Waals surface area contributed by atoms with Gasteiger partial charge < -0.3 is 15.0 Å². The minimum Gasteiger partial charge on any atom is -0.483 e. The van der Waals surface area contributed by atoms with Crippen LogP contribution in [0.15, 0.2) is 77.3 Å². The van der Waals surface area contributed by atoms with E-state index in [-0.39, 0.29) is 31.0 Å². The third-order valence-corrected chi connectivity index (χ3v) is 8.12. The monoisotopic (exact) mass is 610 g/mol. The maximum atomic E-state index is 13.8. The number of ether oxygens (including phenoxy) is 1. The third kappa shape index (κ3) is 8.58. The number of nitrogens with zero attached hydrogens (tertiary/aromatic N) is 1. The highest BCUT2D eigenvalue weighted by Gasteiger charge is 2.32. The highest BCUT2D eigenvalue weighted by atomic mass is 79.9. The molecule has 0 aromatic heterocycles. The molecule has 39 heavy (non-hydrogen) atoms. The standard InChI is InChI=1S/C32H36BrClN2O3/c1-2-23-15-18-30(28(33)19-23)39-22-31(37)36(21-25-13-16-26(34)17-14-25)29(20-24-9-5-3-6-10-24)32(38)35-27-11-7-4-8-12-27/h3,5-6,9-10,13-19,27,29H,2,4,7-8,11-12,20-22H2,1H3,(H,35,38)/t29-/m0/s1. The average Bonchev–Trinajstić information content (AvgIpc) is 2.96. The van der Waals surface area contributed by atoms with E-state index < -0.39 is 6.04 Å². The fourth-order valence-corrected chi connectivity index (χ4v) is 5.66. The molecule has 0 aliphatic heterocycles. The first kappa shape index (κ1) is 29.2. The Morgan fingerprint density at radius 3 is 2.33 bits per heavy atom. The Morgan fingerprint density at radius 1 is 0.974 bits per heavy atom. The maximum absolute atomic E-state index is 13.8. The lowest BCUT2D eigenvalue weighted by molar-refractivity contribution is -0.143. The molecule has 0 heterocycles. The fraction of sp³-hybridized carbons (Fsp3) is 0.375. The first-order valence-electron chi connectivity index (χ1n) is 13.7. The molecule has 1 fully saturated rings. The molecule has 0 spiro atoms. The van der Waals surface area contributed by atoms with E-state index in [1.807, 2.05) is 60.7 Å². The number of hydrogen-bond donors (Lipinski definition) is 1. The molecule has 1 N–H and O–H groups in total. The molecular formula is C32H36BrClN2O3. The summed E-state index contributed by atoms with van der Waals surface area (Å²) in [6, 6.07) is 22.6. The molecule has 7 heteroatoms. The maximum Gasteiger partial charge on any atom is 0.261 e. The van der Waals surface area contributed by atoms with Crippen molar-refractivity contribution in [2.75, 3.05) is 6.61 Å². The van der Waals surface area contributed by atoms with Crippen LogP contribution in [0.2, 0.25) is 5.02 Å². The van der Waals surface area contributed by atoms with Crippen molar-refractivity contribution < 1.29 is 14.3 Å². The minimum absolute atomic E-state index is 0.124. The first-order valence-corrected chi connectivity index (χ1v) is 14.9. The summed E-state index contributed by atoms with van der Waals surface area (Å²) in [7, 11) is 0. The van der Waals surface area contributed by atoms with E-state index in [1.165, 1.54) is 12.0 Å². The van der Waals surface area contributed by atoms with Gasteiger partial charge in [0, 0.05) is 24.0 Å². The topological polar surface area (TPSA) is 58.6 Å². The molecule has 2 amide bonds. The van der Waals surface area contributed by atoms with E-state index in [1.54, 1.807) is 17.0 Å². The summed E-state index contributed by atoms with van der Waals surface area (Å²) in [5.41, 5.74) is 3.06. The van der Waals surface area contributed by atoms with Gasteiger partial charge in [0.2, 0.25) is 5.91 Å². The molecular weight excluding hydrogens is 576 g/mol. The first-order chi connectivity index (χ1) is 18.9. The summed E-state index contributed by atoms with van der Waals surface area (Å²) in [6.07, 6.45) is 6.69. The van der Waals surface area contributed by atoms with Gasteiger partial charge >= 0.3 is 0 Å². The molecule has 5 nitrogen and oxygen atoms in total. The molecule has 206 valence electrons. The second kappa shape index (κ2) is 14.5. The molecule has 0 saturated heterocycles. The Hall–Kier alpha value is -2.83. The zero-order valence-corrected chi connectivity index (χ0v) is 24.7. The van der Waals surface area contributed by atoms with Gasteiger partial charge in [-0.3, -0.25) is 9.59 Å². The van der Waals surface area contributed by atoms with Crippen molar-refractivity contribution >= 4 is 39.3 Å². The predicted molar refractivity (Wildman–Crippen MR) is 160 cm³/mol. The quantitative estimate of drug-likeness (QED) is 0.251. The molecule has 4 rings (SSSR count). The number of carbonyl (C=O) groups is 2. The summed E-state index contributed by atoms with van der Waals surface area (Å²) < 4.78 is 6.78. The Bertz CT molecular complexity index is 1230. The van der Waals surface area contributed by atoms with Crippen LogP contribution < -0.4 is 10.1 Å². The third-order valence-electron chi connectivity index (χ3n) is 7.24. The van der Waals surface area contributed by atoms with Crippen LogP contribution in [-0.2, 0) is 29.0 Å². The van der Waals surface area contributed by atoms with Gasteiger partial charge in [-0.15, -0.1) is 0 Å². The second-order valence-corrected chi connectivity index (χ2v) is 11.4. The normalized spacial score (nSPS) is 14.4. The van der Waals surface area contributed by atoms with Gasteiger partial charge in [-0.2, -0.15) is 0 Å². The van der Waals surface area contributed by atoms with Crippen LogP contribution >= 0.6 is 27.5 Å². The van der Waals surface area contributed by atoms with E-state index >= 15 is 0 Å². The minimum atomic E-state index is -0.688. The van der Waals surface area contributed by atoms with Gasteiger partial charge in [0.25, 0.3) is 5.91 Å². The molecule has 1 atom stereocenters. The lowest BCUT2D eigenvalue weighted by Gasteiger charge is -2.33. The van der Waals surface area contributed by atoms with Crippen molar-refractivity contribution in [1.29, 1.82) is 0 Å². The number of benzene rings is 3. The summed E-state index contributed by atoms with van der Waals surface area (Å²) in [4.78, 5) is 29.3. The summed E-state index contributed by atoms with van der Waals surface area (Å²) in [5.74, 6) is 0.218. The van der Waals surface area contributed by atoms with Gasteiger partial charge in [0.1, 0.15) is 11.8 Å². The van der Waals surface area contributed by atoms with Crippen molar-refractivity contribution in [3.63, 3.8) is 0 Å². The number of amides is 2. The zero-order chi connectivity index (χ0) is 27.6. The lowest BCUT2D eigenvalue weighted by atomic mass is 9.94. The average molecular weight is 612 g/mol. The number of aryl methyl sites for hydroxylation is 1. The number of carbonyl (C=O) groups excluding carboxylic acids is 2. The molecule has 1 saturated carbocycles. The SMILES string of the molecule is CCc1ccc(OCC(=O)N(Cc2ccc(Cl)cc2)[C@@H](Cc2ccccc2)C(=O)NC2CCCCC2)c(Br)c1. The summed E-state index contributed by atoms with van der Waals surface area (Å²) >= 11 is 9.69. The highest BCUT2D eigenvalue weighted by molar-refractivity contribution is 9.10. The Labute approximate surface area is 245 Å². The number of rotatable bonds is 11. The van der Waals surface area contributed by atoms with Crippen LogP contribution in [0, 0.1) is 0 Å². The van der Waals surface area contributed by atoms with Crippen LogP contribution in [0.5, 0.6) is 5.75 Å². The van der Waals surface area contributed by atoms with Crippen LogP contribution in [0.4, 0.5) is 0 Å². The number of hydrogen-bond acceptors (Lipinski definition) is 3. The van der Waals surface area contributed by atoms with Crippen LogP contribution in [0.1, 0.15) is 55.7 Å². The van der Waals surface area contributed by atoms with E-state index in [9.17, 15) is 9.59 Å². The van der Waals surface area contributed by atoms with Gasteiger partial charge in [-0.1, -0.05) is 86.3 Å². The van der Waals surface area contributed by atoms with Gasteiger partial charge in [-0.25, -0.2) is 0 Å². The molecule has 0 unspecified atom stereocenters. The molecule has 1 aliphatic carbocycles. The molecule has 3 aromatic rings. The van der Waals surface area contributed by atoms with E-state index in [4.69, 9.17) is 16.3 Å². The van der Waals surface area contributed by atoms with Gasteiger partial charge in [0.15, 0.2) is 6.61 Å². The van der Waals surface area contributed by atoms with E-state index in [2.05, 4.69) is 28.2 Å². The van der Waals surface area contributed by atoms with Crippen LogP contribution in [-0.4, -0.2) is 35.4 Å². The largest absolute Gasteiger partial charge is 0.483 e. The van der Waals surface area contributed by atoms with Crippen LogP contribution in [0.25, 0.3) is 0 Å². The lowest BCUT2D eigenvalue weighted by Crippen LogP contribution is -2.53. The van der Waals surface area contributed by atoms with Crippen molar-refractivity contribution in [2.45, 2.75) is 70.5 Å². The molecule has 1 aliphatic rings. The Morgan fingerprint density at radius 2 is 1.67 bits per heavy atom. The second-order valence-electron chi connectivity index (χ2n) is 10.1. The molecule has 3 aromatic carbocycles. The van der Waals surface area contributed by atoms with Crippen molar-refractivity contribution in [1.82, 2.24) is 10.2 Å². The summed E-state index contributed by atoms with van der Waals surface area (Å²) in [6.45, 7) is 2.18. The van der Waals surface area contributed by atoms with E-state index in [0.717, 1.165) is 47.7 Å². The Kier molecular flexibility index (Phi) is 10.9. The molecule has 0 radical (unpaired) electrons. The number of nitrogens with one attached hydrogen (secondary N) is 1. The summed E-state index contributed by atoms with van der Waals surface area (Å²) in [5, 5.41) is 3.88. The van der Waals surface area contributed by atoms with Crippen molar-refractivity contribution in [2.24, 2.45) is 0 Å². The van der Waals surface area contributed by atoms with Gasteiger partial charge in [0.05, 0.1) is 4.47 Å². The van der Waals surface area contributed by atoms with Crippen molar-refractivity contribution in [3.8, 4) is 5.75 Å². The fourth-order valence-electron chi connectivity index (χ4n) is 4.99. The zero-order valence-electron chi connectivity index (χ0n) is 22.4. The number of halogens is 2. The van der Waals surface area contributed by atoms with Crippen molar-refractivity contribution in [3.05, 3.63) is 99.0 Å². The highest BCUT2D eigenvalue weighted by Crippen LogP contribution is 2.27. The van der Waals surface area contributed by atoms with E-state index in [0.29, 0.717) is 17.2 Å². The molecule has 0 bridgehead atoms. The predicted octanol–water partition coefficient (Wildman–Crippen LogP) is 7.13.